The molecular weight excluding hydrogens is 408 g/mol. The summed E-state index contributed by atoms with van der Waals surface area (Å²) in [6.07, 6.45) is 6.48. The number of rotatable bonds is 5. The highest BCUT2D eigenvalue weighted by atomic mass is 32.2. The van der Waals surface area contributed by atoms with Crippen LogP contribution >= 0.6 is 23.1 Å². The molecular formula is C20H24N4O3S2. The van der Waals surface area contributed by atoms with Crippen molar-refractivity contribution in [2.45, 2.75) is 75.4 Å². The van der Waals surface area contributed by atoms with Crippen LogP contribution in [-0.2, 0) is 24.1 Å². The second-order valence-corrected chi connectivity index (χ2v) is 10.2. The first kappa shape index (κ1) is 19.3. The van der Waals surface area contributed by atoms with E-state index in [9.17, 15) is 4.79 Å². The molecule has 0 N–H and O–H groups in total. The van der Waals surface area contributed by atoms with E-state index in [1.165, 1.54) is 28.6 Å². The van der Waals surface area contributed by atoms with Crippen molar-refractivity contribution in [1.82, 2.24) is 19.7 Å². The molecule has 4 heterocycles. The fourth-order valence-corrected chi connectivity index (χ4v) is 6.40. The maximum Gasteiger partial charge on any atom is 0.263 e. The molecule has 3 aromatic heterocycles. The number of thiophene rings is 1. The number of hydrogen-bond acceptors (Lipinski definition) is 8. The quantitative estimate of drug-likeness (QED) is 0.444. The lowest BCUT2D eigenvalue weighted by atomic mass is 9.97. The number of hydrogen-bond donors (Lipinski definition) is 0. The van der Waals surface area contributed by atoms with E-state index in [2.05, 4.69) is 10.1 Å². The van der Waals surface area contributed by atoms with E-state index in [1.54, 1.807) is 18.3 Å². The third-order valence-electron chi connectivity index (χ3n) is 5.62. The number of aromatic nitrogens is 4. The summed E-state index contributed by atoms with van der Waals surface area (Å²) in [5.74, 6) is 1.16. The summed E-state index contributed by atoms with van der Waals surface area (Å²) in [7, 11) is 0. The van der Waals surface area contributed by atoms with E-state index in [4.69, 9.17) is 14.2 Å². The highest BCUT2D eigenvalue weighted by molar-refractivity contribution is 7.99. The van der Waals surface area contributed by atoms with Crippen LogP contribution in [0.15, 0.2) is 14.5 Å². The summed E-state index contributed by atoms with van der Waals surface area (Å²) in [5, 5.41) is 5.33. The fourth-order valence-electron chi connectivity index (χ4n) is 4.15. The Bertz CT molecular complexity index is 1100. The van der Waals surface area contributed by atoms with Gasteiger partial charge in [0.05, 0.1) is 23.3 Å². The molecule has 0 radical (unpaired) electrons. The monoisotopic (exact) mass is 432 g/mol. The molecule has 0 spiro atoms. The Labute approximate surface area is 176 Å². The molecule has 0 aromatic carbocycles. The van der Waals surface area contributed by atoms with Gasteiger partial charge in [-0.05, 0) is 57.9 Å². The smallest absolute Gasteiger partial charge is 0.263 e. The van der Waals surface area contributed by atoms with Crippen LogP contribution in [0.5, 0.6) is 0 Å². The maximum atomic E-state index is 13.6. The van der Waals surface area contributed by atoms with E-state index in [-0.39, 0.29) is 16.9 Å². The van der Waals surface area contributed by atoms with Crippen LogP contribution < -0.4 is 5.56 Å². The third-order valence-corrected chi connectivity index (χ3v) is 7.89. The second-order valence-electron chi connectivity index (χ2n) is 7.78. The predicted molar refractivity (Wildman–Crippen MR) is 113 cm³/mol. The van der Waals surface area contributed by atoms with Crippen LogP contribution in [0.1, 0.15) is 60.0 Å². The van der Waals surface area contributed by atoms with Gasteiger partial charge in [-0.3, -0.25) is 9.36 Å². The van der Waals surface area contributed by atoms with Gasteiger partial charge < -0.3 is 9.26 Å². The molecule has 1 fully saturated rings. The van der Waals surface area contributed by atoms with Crippen molar-refractivity contribution >= 4 is 33.3 Å². The lowest BCUT2D eigenvalue weighted by molar-refractivity contribution is 0.0937. The van der Waals surface area contributed by atoms with Gasteiger partial charge in [0.2, 0.25) is 5.89 Å². The predicted octanol–water partition coefficient (Wildman–Crippen LogP) is 4.06. The number of ether oxygens (including phenoxy) is 1. The van der Waals surface area contributed by atoms with E-state index in [0.29, 0.717) is 23.4 Å². The highest BCUT2D eigenvalue weighted by Crippen LogP contribution is 2.37. The van der Waals surface area contributed by atoms with Crippen molar-refractivity contribution in [2.24, 2.45) is 0 Å². The minimum atomic E-state index is -0.0918. The van der Waals surface area contributed by atoms with Crippen LogP contribution in [0.25, 0.3) is 10.2 Å². The van der Waals surface area contributed by atoms with Crippen LogP contribution in [0.2, 0.25) is 0 Å². The van der Waals surface area contributed by atoms with Crippen molar-refractivity contribution in [3.63, 3.8) is 0 Å². The molecule has 9 heteroatoms. The molecule has 1 aliphatic heterocycles. The second kappa shape index (κ2) is 7.85. The van der Waals surface area contributed by atoms with Crippen LogP contribution in [0.4, 0.5) is 0 Å². The molecule has 29 heavy (non-hydrogen) atoms. The third kappa shape index (κ3) is 3.64. The normalized spacial score (nSPS) is 20.3. The van der Waals surface area contributed by atoms with Crippen molar-refractivity contribution < 1.29 is 9.26 Å². The number of nitrogens with zero attached hydrogens (tertiary/aromatic N) is 4. The molecule has 0 amide bonds. The Morgan fingerprint density at radius 3 is 2.90 bits per heavy atom. The average Bonchev–Trinajstić information content (AvgIpc) is 3.44. The number of aryl methyl sites for hydroxylation is 3. The maximum absolute atomic E-state index is 13.6. The van der Waals surface area contributed by atoms with E-state index >= 15 is 0 Å². The van der Waals surface area contributed by atoms with E-state index < -0.39 is 0 Å². The zero-order valence-electron chi connectivity index (χ0n) is 16.6. The molecule has 7 nitrogen and oxygen atoms in total. The summed E-state index contributed by atoms with van der Waals surface area (Å²) < 4.78 is 13.0. The van der Waals surface area contributed by atoms with Gasteiger partial charge in [0.15, 0.2) is 11.0 Å². The lowest BCUT2D eigenvalue weighted by Gasteiger charge is -2.17. The van der Waals surface area contributed by atoms with Gasteiger partial charge in [0.1, 0.15) is 4.83 Å². The molecule has 0 unspecified atom stereocenters. The van der Waals surface area contributed by atoms with Gasteiger partial charge in [-0.1, -0.05) is 16.9 Å². The summed E-state index contributed by atoms with van der Waals surface area (Å²) in [5.41, 5.74) is 1.30. The Balaban J connectivity index is 1.59. The number of thioether (sulfide) groups is 1. The largest absolute Gasteiger partial charge is 0.376 e. The first-order valence-electron chi connectivity index (χ1n) is 10.2. The highest BCUT2D eigenvalue weighted by Gasteiger charge is 2.26. The van der Waals surface area contributed by atoms with Crippen LogP contribution in [0.3, 0.4) is 0 Å². The molecule has 154 valence electrons. The van der Waals surface area contributed by atoms with Crippen LogP contribution in [-0.4, -0.2) is 32.4 Å². The summed E-state index contributed by atoms with van der Waals surface area (Å²) >= 11 is 3.19. The summed E-state index contributed by atoms with van der Waals surface area (Å²) in [6, 6.07) is 0. The minimum absolute atomic E-state index is 0.0707. The minimum Gasteiger partial charge on any atom is -0.376 e. The molecule has 3 aromatic rings. The standard InChI is InChI=1S/C20H24N4O3S2/c1-11(17-21-12(2)23-27-17)28-20-22-18-16(14-7-3-4-8-15(14)29-18)19(25)24(20)10-13-6-5-9-26-13/h11,13H,3-10H2,1-2H3/t11-,13+/m0/s1. The van der Waals surface area contributed by atoms with Gasteiger partial charge >= 0.3 is 0 Å². The Hall–Kier alpha value is -1.71. The average molecular weight is 433 g/mol. The zero-order valence-corrected chi connectivity index (χ0v) is 18.3. The van der Waals surface area contributed by atoms with Gasteiger partial charge in [0, 0.05) is 11.5 Å². The zero-order chi connectivity index (χ0) is 20.0. The fraction of sp³-hybridized carbons (Fsp3) is 0.600. The van der Waals surface area contributed by atoms with Gasteiger partial charge in [-0.25, -0.2) is 4.98 Å². The molecule has 2 aliphatic rings. The van der Waals surface area contributed by atoms with Crippen molar-refractivity contribution in [2.75, 3.05) is 6.61 Å². The molecule has 1 saturated heterocycles. The molecule has 0 saturated carbocycles. The summed E-state index contributed by atoms with van der Waals surface area (Å²) in [6.45, 7) is 5.12. The van der Waals surface area contributed by atoms with E-state index in [1.807, 2.05) is 11.5 Å². The molecule has 2 atom stereocenters. The van der Waals surface area contributed by atoms with Crippen molar-refractivity contribution in [3.8, 4) is 0 Å². The van der Waals surface area contributed by atoms with E-state index in [0.717, 1.165) is 48.9 Å². The topological polar surface area (TPSA) is 83.0 Å². The molecule has 5 rings (SSSR count). The van der Waals surface area contributed by atoms with Gasteiger partial charge in [0.25, 0.3) is 5.56 Å². The first-order chi connectivity index (χ1) is 14.1. The number of fused-ring (bicyclic) bond motifs is 3. The Morgan fingerprint density at radius 1 is 1.28 bits per heavy atom. The molecule has 1 aliphatic carbocycles. The van der Waals surface area contributed by atoms with Crippen molar-refractivity contribution in [1.29, 1.82) is 0 Å². The van der Waals surface area contributed by atoms with Crippen molar-refractivity contribution in [3.05, 3.63) is 32.5 Å². The van der Waals surface area contributed by atoms with Gasteiger partial charge in [-0.15, -0.1) is 11.3 Å². The SMILES string of the molecule is Cc1noc([C@H](C)Sc2nc3sc4c(c3c(=O)n2C[C@H]2CCCO2)CCCC4)n1. The molecule has 0 bridgehead atoms. The first-order valence-corrected chi connectivity index (χ1v) is 11.9. The summed E-state index contributed by atoms with van der Waals surface area (Å²) in [4.78, 5) is 25.1. The van der Waals surface area contributed by atoms with Gasteiger partial charge in [-0.2, -0.15) is 4.98 Å². The Morgan fingerprint density at radius 2 is 2.14 bits per heavy atom. The van der Waals surface area contributed by atoms with Crippen LogP contribution in [0, 0.1) is 6.92 Å². The lowest BCUT2D eigenvalue weighted by Crippen LogP contribution is -2.29. The Kier molecular flexibility index (Phi) is 5.21.